The van der Waals surface area contributed by atoms with Gasteiger partial charge in [-0.1, -0.05) is 47.3 Å². The van der Waals surface area contributed by atoms with E-state index in [1.54, 1.807) is 11.8 Å². The third-order valence-electron chi connectivity index (χ3n) is 3.35. The first-order chi connectivity index (χ1) is 10.2. The van der Waals surface area contributed by atoms with Crippen LogP contribution in [0.1, 0.15) is 16.1 Å². The highest BCUT2D eigenvalue weighted by Crippen LogP contribution is 2.27. The van der Waals surface area contributed by atoms with Gasteiger partial charge in [0, 0.05) is 12.1 Å². The van der Waals surface area contributed by atoms with Gasteiger partial charge in [0.15, 0.2) is 5.17 Å². The van der Waals surface area contributed by atoms with Crippen LogP contribution in [0.25, 0.3) is 11.3 Å². The predicted octanol–water partition coefficient (Wildman–Crippen LogP) is 2.82. The average molecular weight is 301 g/mol. The lowest BCUT2D eigenvalue weighted by atomic mass is 10.1. The summed E-state index contributed by atoms with van der Waals surface area (Å²) in [5.41, 5.74) is 1.98. The zero-order chi connectivity index (χ0) is 14.8. The van der Waals surface area contributed by atoms with E-state index in [1.165, 1.54) is 11.8 Å². The summed E-state index contributed by atoms with van der Waals surface area (Å²) in [6.07, 6.45) is 1.92. The summed E-state index contributed by atoms with van der Waals surface area (Å²) in [5.74, 6) is 0.435. The lowest BCUT2D eigenvalue weighted by Gasteiger charge is -2.16. The SMILES string of the molecule is CSC1=NCCN1C(=O)c1c(-c2ccccc2)noc1C. The zero-order valence-electron chi connectivity index (χ0n) is 11.9. The molecule has 0 N–H and O–H groups in total. The van der Waals surface area contributed by atoms with E-state index in [0.29, 0.717) is 30.1 Å². The molecule has 3 rings (SSSR count). The summed E-state index contributed by atoms with van der Waals surface area (Å²) in [5, 5.41) is 4.81. The molecule has 1 aliphatic heterocycles. The number of nitrogens with zero attached hydrogens (tertiary/aromatic N) is 3. The Balaban J connectivity index is 2.01. The molecule has 5 nitrogen and oxygen atoms in total. The molecule has 0 saturated heterocycles. The van der Waals surface area contributed by atoms with Gasteiger partial charge in [0.05, 0.1) is 6.54 Å². The fourth-order valence-electron chi connectivity index (χ4n) is 2.34. The molecule has 0 atom stereocenters. The summed E-state index contributed by atoms with van der Waals surface area (Å²) < 4.78 is 5.26. The van der Waals surface area contributed by atoms with Crippen LogP contribution >= 0.6 is 11.8 Å². The number of amides is 1. The largest absolute Gasteiger partial charge is 0.360 e. The minimum absolute atomic E-state index is 0.0989. The highest BCUT2D eigenvalue weighted by Gasteiger charge is 2.30. The fraction of sp³-hybridized carbons (Fsp3) is 0.267. The lowest BCUT2D eigenvalue weighted by Crippen LogP contribution is -2.33. The van der Waals surface area contributed by atoms with Gasteiger partial charge in [0.2, 0.25) is 0 Å². The first kappa shape index (κ1) is 13.9. The molecule has 0 aliphatic carbocycles. The second-order valence-corrected chi connectivity index (χ2v) is 5.43. The van der Waals surface area contributed by atoms with Crippen LogP contribution in [-0.2, 0) is 0 Å². The molecule has 2 aromatic rings. The highest BCUT2D eigenvalue weighted by molar-refractivity contribution is 8.13. The molecule has 0 fully saturated rings. The summed E-state index contributed by atoms with van der Waals surface area (Å²) in [6, 6.07) is 9.59. The Morgan fingerprint density at radius 3 is 2.81 bits per heavy atom. The van der Waals surface area contributed by atoms with Crippen molar-refractivity contribution in [3.05, 3.63) is 41.7 Å². The number of thioether (sulfide) groups is 1. The van der Waals surface area contributed by atoms with E-state index in [1.807, 2.05) is 36.6 Å². The van der Waals surface area contributed by atoms with Crippen molar-refractivity contribution in [2.45, 2.75) is 6.92 Å². The second kappa shape index (κ2) is 5.73. The molecule has 0 bridgehead atoms. The van der Waals surface area contributed by atoms with Gasteiger partial charge in [-0.15, -0.1) is 0 Å². The Labute approximate surface area is 127 Å². The number of carbonyl (C=O) groups is 1. The normalized spacial score (nSPS) is 14.4. The zero-order valence-corrected chi connectivity index (χ0v) is 12.7. The fourth-order valence-corrected chi connectivity index (χ4v) is 2.96. The molecule has 1 amide bonds. The number of aryl methyl sites for hydroxylation is 1. The van der Waals surface area contributed by atoms with E-state index in [9.17, 15) is 4.79 Å². The number of amidine groups is 1. The minimum atomic E-state index is -0.0989. The topological polar surface area (TPSA) is 58.7 Å². The van der Waals surface area contributed by atoms with Gasteiger partial charge in [-0.3, -0.25) is 14.7 Å². The Kier molecular flexibility index (Phi) is 3.79. The number of aromatic nitrogens is 1. The minimum Gasteiger partial charge on any atom is -0.360 e. The van der Waals surface area contributed by atoms with Crippen molar-refractivity contribution in [1.82, 2.24) is 10.1 Å². The van der Waals surface area contributed by atoms with Gasteiger partial charge >= 0.3 is 0 Å². The van der Waals surface area contributed by atoms with Crippen molar-refractivity contribution >= 4 is 22.8 Å². The van der Waals surface area contributed by atoms with E-state index in [4.69, 9.17) is 4.52 Å². The van der Waals surface area contributed by atoms with Crippen LogP contribution in [0.15, 0.2) is 39.8 Å². The van der Waals surface area contributed by atoms with Crippen LogP contribution in [0, 0.1) is 6.92 Å². The molecule has 0 spiro atoms. The first-order valence-electron chi connectivity index (χ1n) is 6.64. The third kappa shape index (κ3) is 2.47. The summed E-state index contributed by atoms with van der Waals surface area (Å²) in [4.78, 5) is 18.8. The van der Waals surface area contributed by atoms with Gasteiger partial charge in [0.25, 0.3) is 5.91 Å². The Morgan fingerprint density at radius 1 is 1.33 bits per heavy atom. The first-order valence-corrected chi connectivity index (χ1v) is 7.87. The number of rotatable bonds is 2. The second-order valence-electron chi connectivity index (χ2n) is 4.65. The summed E-state index contributed by atoms with van der Waals surface area (Å²) in [7, 11) is 0. The Hall–Kier alpha value is -2.08. The summed E-state index contributed by atoms with van der Waals surface area (Å²) in [6.45, 7) is 3.01. The van der Waals surface area contributed by atoms with Crippen molar-refractivity contribution in [2.24, 2.45) is 4.99 Å². The quantitative estimate of drug-likeness (QED) is 0.856. The van der Waals surface area contributed by atoms with Gasteiger partial charge in [-0.05, 0) is 13.2 Å². The van der Waals surface area contributed by atoms with Crippen LogP contribution in [0.2, 0.25) is 0 Å². The lowest BCUT2D eigenvalue weighted by molar-refractivity contribution is 0.0859. The molecule has 6 heteroatoms. The van der Waals surface area contributed by atoms with Crippen molar-refractivity contribution in [3.8, 4) is 11.3 Å². The highest BCUT2D eigenvalue weighted by atomic mass is 32.2. The molecule has 0 saturated carbocycles. The maximum absolute atomic E-state index is 12.8. The van der Waals surface area contributed by atoms with Gasteiger partial charge in [-0.2, -0.15) is 0 Å². The molecule has 2 heterocycles. The van der Waals surface area contributed by atoms with Gasteiger partial charge < -0.3 is 4.52 Å². The van der Waals surface area contributed by atoms with Crippen molar-refractivity contribution in [2.75, 3.05) is 19.3 Å². The van der Waals surface area contributed by atoms with E-state index in [-0.39, 0.29) is 5.91 Å². The van der Waals surface area contributed by atoms with Crippen molar-refractivity contribution < 1.29 is 9.32 Å². The molecule has 1 aromatic carbocycles. The number of hydrogen-bond acceptors (Lipinski definition) is 5. The number of hydrogen-bond donors (Lipinski definition) is 0. The van der Waals surface area contributed by atoms with Gasteiger partial charge in [-0.25, -0.2) is 0 Å². The summed E-state index contributed by atoms with van der Waals surface area (Å²) >= 11 is 1.48. The van der Waals surface area contributed by atoms with Gasteiger partial charge in [0.1, 0.15) is 17.0 Å². The molecule has 0 unspecified atom stereocenters. The molecule has 0 radical (unpaired) electrons. The van der Waals surface area contributed by atoms with Crippen LogP contribution in [0.3, 0.4) is 0 Å². The average Bonchev–Trinajstić information content (AvgIpc) is 3.13. The molecule has 1 aliphatic rings. The molecule has 108 valence electrons. The standard InChI is InChI=1S/C15H15N3O2S/c1-10-12(14(19)18-9-8-16-15(18)21-2)13(17-20-10)11-6-4-3-5-7-11/h3-7H,8-9H2,1-2H3. The monoisotopic (exact) mass is 301 g/mol. The molecule has 21 heavy (non-hydrogen) atoms. The van der Waals surface area contributed by atoms with E-state index in [0.717, 1.165) is 10.7 Å². The van der Waals surface area contributed by atoms with Crippen LogP contribution < -0.4 is 0 Å². The Bertz CT molecular complexity index is 694. The van der Waals surface area contributed by atoms with E-state index >= 15 is 0 Å². The maximum Gasteiger partial charge on any atom is 0.265 e. The number of carbonyl (C=O) groups excluding carboxylic acids is 1. The molecular weight excluding hydrogens is 286 g/mol. The number of benzene rings is 1. The molecular formula is C15H15N3O2S. The van der Waals surface area contributed by atoms with E-state index < -0.39 is 0 Å². The van der Waals surface area contributed by atoms with Crippen LogP contribution in [0.4, 0.5) is 0 Å². The number of aliphatic imine (C=N–C) groups is 1. The smallest absolute Gasteiger partial charge is 0.265 e. The van der Waals surface area contributed by atoms with E-state index in [2.05, 4.69) is 10.1 Å². The maximum atomic E-state index is 12.8. The van der Waals surface area contributed by atoms with Crippen molar-refractivity contribution in [3.63, 3.8) is 0 Å². The van der Waals surface area contributed by atoms with Crippen LogP contribution in [-0.4, -0.2) is 40.5 Å². The predicted molar refractivity (Wildman–Crippen MR) is 83.5 cm³/mol. The van der Waals surface area contributed by atoms with Crippen molar-refractivity contribution in [1.29, 1.82) is 0 Å². The van der Waals surface area contributed by atoms with Crippen LogP contribution in [0.5, 0.6) is 0 Å². The Morgan fingerprint density at radius 2 is 2.10 bits per heavy atom. The third-order valence-corrected chi connectivity index (χ3v) is 4.07. The molecule has 1 aromatic heterocycles.